The van der Waals surface area contributed by atoms with E-state index in [1.54, 1.807) is 6.92 Å². The smallest absolute Gasteiger partial charge is 0.291 e. The van der Waals surface area contributed by atoms with Gasteiger partial charge in [0.05, 0.1) is 17.1 Å². The average Bonchev–Trinajstić information content (AvgIpc) is 3.27. The third kappa shape index (κ3) is 3.54. The highest BCUT2D eigenvalue weighted by molar-refractivity contribution is 7.12. The number of halogens is 1. The van der Waals surface area contributed by atoms with Gasteiger partial charge in [0.25, 0.3) is 0 Å². The summed E-state index contributed by atoms with van der Waals surface area (Å²) in [5.41, 5.74) is 3.84. The van der Waals surface area contributed by atoms with E-state index in [1.165, 1.54) is 45.8 Å². The SMILES string of the molecule is Cc1ccc(-c2csc(-n3[nH]c(C)c(N=Nc4ccc(F)cc4)c3=O)n2)cc1. The first-order valence-electron chi connectivity index (χ1n) is 8.53. The molecule has 0 unspecified atom stereocenters. The Morgan fingerprint density at radius 1 is 1.04 bits per heavy atom. The molecule has 0 aliphatic heterocycles. The molecule has 2 aromatic carbocycles. The lowest BCUT2D eigenvalue weighted by Gasteiger charge is -1.97. The summed E-state index contributed by atoms with van der Waals surface area (Å²) in [5.74, 6) is -0.354. The first-order chi connectivity index (χ1) is 13.5. The molecule has 0 radical (unpaired) electrons. The van der Waals surface area contributed by atoms with Crippen molar-refractivity contribution in [2.45, 2.75) is 13.8 Å². The van der Waals surface area contributed by atoms with Crippen LogP contribution >= 0.6 is 11.3 Å². The normalized spacial score (nSPS) is 11.4. The fourth-order valence-corrected chi connectivity index (χ4v) is 3.42. The van der Waals surface area contributed by atoms with Gasteiger partial charge in [-0.3, -0.25) is 9.89 Å². The highest BCUT2D eigenvalue weighted by Gasteiger charge is 2.15. The Kier molecular flexibility index (Phi) is 4.70. The number of azo groups is 1. The number of thiazole rings is 1. The van der Waals surface area contributed by atoms with E-state index in [2.05, 4.69) is 20.3 Å². The molecular weight excluding hydrogens is 377 g/mol. The van der Waals surface area contributed by atoms with Crippen molar-refractivity contribution in [1.82, 2.24) is 14.8 Å². The van der Waals surface area contributed by atoms with Gasteiger partial charge in [-0.25, -0.2) is 9.37 Å². The van der Waals surface area contributed by atoms with Gasteiger partial charge in [0.2, 0.25) is 5.13 Å². The van der Waals surface area contributed by atoms with Crippen LogP contribution in [-0.4, -0.2) is 14.8 Å². The van der Waals surface area contributed by atoms with Crippen molar-refractivity contribution < 1.29 is 4.39 Å². The molecule has 4 rings (SSSR count). The molecule has 0 saturated carbocycles. The number of nitrogens with one attached hydrogen (secondary N) is 1. The van der Waals surface area contributed by atoms with E-state index in [-0.39, 0.29) is 17.1 Å². The Bertz CT molecular complexity index is 1200. The lowest BCUT2D eigenvalue weighted by Crippen LogP contribution is -2.13. The fraction of sp³-hybridized carbons (Fsp3) is 0.100. The molecule has 140 valence electrons. The molecule has 0 bridgehead atoms. The van der Waals surface area contributed by atoms with Crippen LogP contribution in [0.2, 0.25) is 0 Å². The Hall–Kier alpha value is -3.39. The monoisotopic (exact) mass is 393 g/mol. The molecule has 0 aliphatic carbocycles. The topological polar surface area (TPSA) is 75.4 Å². The summed E-state index contributed by atoms with van der Waals surface area (Å²) in [7, 11) is 0. The van der Waals surface area contributed by atoms with Gasteiger partial charge in [0.15, 0.2) is 5.69 Å². The van der Waals surface area contributed by atoms with Gasteiger partial charge in [-0.15, -0.1) is 16.5 Å². The lowest BCUT2D eigenvalue weighted by molar-refractivity contribution is 0.628. The molecule has 1 N–H and O–H groups in total. The molecule has 28 heavy (non-hydrogen) atoms. The van der Waals surface area contributed by atoms with Crippen molar-refractivity contribution in [2.24, 2.45) is 10.2 Å². The number of aromatic nitrogens is 3. The van der Waals surface area contributed by atoms with E-state index in [0.717, 1.165) is 11.3 Å². The van der Waals surface area contributed by atoms with Crippen LogP contribution in [0.15, 0.2) is 68.9 Å². The fourth-order valence-electron chi connectivity index (χ4n) is 2.63. The molecule has 4 aromatic rings. The van der Waals surface area contributed by atoms with Gasteiger partial charge in [-0.1, -0.05) is 29.8 Å². The van der Waals surface area contributed by atoms with Crippen molar-refractivity contribution in [3.63, 3.8) is 0 Å². The minimum Gasteiger partial charge on any atom is -0.291 e. The summed E-state index contributed by atoms with van der Waals surface area (Å²) in [5, 5.41) is 13.5. The summed E-state index contributed by atoms with van der Waals surface area (Å²) in [6.45, 7) is 3.77. The summed E-state index contributed by atoms with van der Waals surface area (Å²) in [6.07, 6.45) is 0. The van der Waals surface area contributed by atoms with E-state index in [4.69, 9.17) is 0 Å². The number of benzene rings is 2. The second-order valence-corrected chi connectivity index (χ2v) is 7.12. The maximum atomic E-state index is 13.0. The third-order valence-electron chi connectivity index (χ3n) is 4.16. The van der Waals surface area contributed by atoms with Crippen LogP contribution in [0.4, 0.5) is 15.8 Å². The van der Waals surface area contributed by atoms with Gasteiger partial charge in [0.1, 0.15) is 5.82 Å². The van der Waals surface area contributed by atoms with E-state index in [9.17, 15) is 9.18 Å². The van der Waals surface area contributed by atoms with Crippen LogP contribution in [-0.2, 0) is 0 Å². The largest absolute Gasteiger partial charge is 0.301 e. The minimum absolute atomic E-state index is 0.191. The second kappa shape index (κ2) is 7.32. The predicted molar refractivity (Wildman–Crippen MR) is 108 cm³/mol. The van der Waals surface area contributed by atoms with Crippen molar-refractivity contribution in [2.75, 3.05) is 0 Å². The van der Waals surface area contributed by atoms with Crippen LogP contribution in [0.1, 0.15) is 11.3 Å². The van der Waals surface area contributed by atoms with E-state index < -0.39 is 0 Å². The number of hydrogen-bond acceptors (Lipinski definition) is 5. The molecule has 0 aliphatic rings. The van der Waals surface area contributed by atoms with Crippen LogP contribution in [0.3, 0.4) is 0 Å². The molecule has 0 fully saturated rings. The Balaban J connectivity index is 1.65. The van der Waals surface area contributed by atoms with Crippen molar-refractivity contribution in [3.05, 3.63) is 81.3 Å². The highest BCUT2D eigenvalue weighted by atomic mass is 32.1. The summed E-state index contributed by atoms with van der Waals surface area (Å²) < 4.78 is 14.3. The van der Waals surface area contributed by atoms with E-state index in [0.29, 0.717) is 16.5 Å². The molecule has 0 atom stereocenters. The standard InChI is InChI=1S/C20H16FN5OS/c1-12-3-5-14(6-4-12)17-11-28-20(22-17)26-19(27)18(13(2)25-26)24-23-16-9-7-15(21)8-10-16/h3-11,25H,1-2H3. The zero-order valence-electron chi connectivity index (χ0n) is 15.2. The van der Waals surface area contributed by atoms with E-state index >= 15 is 0 Å². The number of aryl methyl sites for hydroxylation is 2. The van der Waals surface area contributed by atoms with Crippen LogP contribution in [0.5, 0.6) is 0 Å². The van der Waals surface area contributed by atoms with Crippen LogP contribution in [0.25, 0.3) is 16.4 Å². The van der Waals surface area contributed by atoms with Gasteiger partial charge >= 0.3 is 5.56 Å². The van der Waals surface area contributed by atoms with Crippen molar-refractivity contribution >= 4 is 22.7 Å². The number of rotatable bonds is 4. The molecule has 8 heteroatoms. The molecule has 0 spiro atoms. The van der Waals surface area contributed by atoms with Crippen LogP contribution < -0.4 is 5.56 Å². The maximum Gasteiger partial charge on any atom is 0.301 e. The van der Waals surface area contributed by atoms with Gasteiger partial charge in [-0.2, -0.15) is 9.80 Å². The number of H-pyrrole nitrogens is 1. The quantitative estimate of drug-likeness (QED) is 0.467. The van der Waals surface area contributed by atoms with Crippen molar-refractivity contribution in [1.29, 1.82) is 0 Å². The van der Waals surface area contributed by atoms with Crippen LogP contribution in [0, 0.1) is 19.7 Å². The minimum atomic E-state index is -0.354. The Morgan fingerprint density at radius 3 is 2.46 bits per heavy atom. The highest BCUT2D eigenvalue weighted by Crippen LogP contribution is 2.25. The Morgan fingerprint density at radius 2 is 1.75 bits per heavy atom. The molecule has 0 amide bonds. The van der Waals surface area contributed by atoms with Gasteiger partial charge < -0.3 is 0 Å². The van der Waals surface area contributed by atoms with Gasteiger partial charge in [-0.05, 0) is 38.1 Å². The lowest BCUT2D eigenvalue weighted by atomic mass is 10.1. The number of aromatic amines is 1. The number of hydrogen-bond donors (Lipinski definition) is 1. The molecule has 0 saturated heterocycles. The first-order valence-corrected chi connectivity index (χ1v) is 9.41. The summed E-state index contributed by atoms with van der Waals surface area (Å²) in [6, 6.07) is 13.6. The van der Waals surface area contributed by atoms with Gasteiger partial charge in [0, 0.05) is 10.9 Å². The molecule has 6 nitrogen and oxygen atoms in total. The van der Waals surface area contributed by atoms with E-state index in [1.807, 2.05) is 36.6 Å². The molecule has 2 heterocycles. The first kappa shape index (κ1) is 18.0. The zero-order valence-corrected chi connectivity index (χ0v) is 16.0. The zero-order chi connectivity index (χ0) is 19.7. The second-order valence-electron chi connectivity index (χ2n) is 6.28. The molecule has 2 aromatic heterocycles. The Labute approximate surface area is 164 Å². The summed E-state index contributed by atoms with van der Waals surface area (Å²) in [4.78, 5) is 17.3. The van der Waals surface area contributed by atoms with Crippen molar-refractivity contribution in [3.8, 4) is 16.4 Å². The average molecular weight is 393 g/mol. The summed E-state index contributed by atoms with van der Waals surface area (Å²) >= 11 is 1.36. The number of nitrogens with zero attached hydrogens (tertiary/aromatic N) is 4. The predicted octanol–water partition coefficient (Wildman–Crippen LogP) is 5.46. The third-order valence-corrected chi connectivity index (χ3v) is 4.99. The molecular formula is C20H16FN5OS. The maximum absolute atomic E-state index is 13.0.